The standard InChI is InChI=1S/C24H21ClN2O2/c1-2-28-17-12-13-23-19(14-17)22-15-21(16-8-4-3-5-9-16)26-27(22)24(29-23)18-10-6-7-11-20(18)25/h3-14,22,24H,2,15H2,1H3. The third-order valence-electron chi connectivity index (χ3n) is 5.35. The lowest BCUT2D eigenvalue weighted by atomic mass is 9.95. The van der Waals surface area contributed by atoms with Crippen molar-refractivity contribution in [2.24, 2.45) is 5.10 Å². The molecule has 0 bridgehead atoms. The summed E-state index contributed by atoms with van der Waals surface area (Å²) in [5.41, 5.74) is 4.18. The van der Waals surface area contributed by atoms with E-state index >= 15 is 0 Å². The van der Waals surface area contributed by atoms with Gasteiger partial charge in [0, 0.05) is 22.6 Å². The van der Waals surface area contributed by atoms with Crippen molar-refractivity contribution in [3.63, 3.8) is 0 Å². The molecule has 29 heavy (non-hydrogen) atoms. The maximum atomic E-state index is 6.52. The molecule has 5 heteroatoms. The minimum absolute atomic E-state index is 0.0654. The minimum atomic E-state index is -0.375. The van der Waals surface area contributed by atoms with Crippen molar-refractivity contribution in [1.82, 2.24) is 5.01 Å². The maximum Gasteiger partial charge on any atom is 0.215 e. The second-order valence-corrected chi connectivity index (χ2v) is 7.54. The van der Waals surface area contributed by atoms with Gasteiger partial charge in [0.05, 0.1) is 18.4 Å². The van der Waals surface area contributed by atoms with E-state index in [1.807, 2.05) is 66.5 Å². The molecule has 0 spiro atoms. The Kier molecular flexibility index (Phi) is 4.64. The van der Waals surface area contributed by atoms with Crippen LogP contribution in [0, 0.1) is 0 Å². The van der Waals surface area contributed by atoms with Gasteiger partial charge in [0.15, 0.2) is 0 Å². The first-order valence-electron chi connectivity index (χ1n) is 9.83. The Hall–Kier alpha value is -2.98. The Morgan fingerprint density at radius 3 is 2.62 bits per heavy atom. The molecule has 3 aromatic carbocycles. The molecule has 2 heterocycles. The van der Waals surface area contributed by atoms with Gasteiger partial charge in [-0.2, -0.15) is 5.10 Å². The van der Waals surface area contributed by atoms with E-state index in [9.17, 15) is 0 Å². The van der Waals surface area contributed by atoms with Crippen LogP contribution in [-0.2, 0) is 0 Å². The average Bonchev–Trinajstić information content (AvgIpc) is 3.21. The molecule has 0 fully saturated rings. The van der Waals surface area contributed by atoms with Crippen LogP contribution >= 0.6 is 11.6 Å². The Morgan fingerprint density at radius 2 is 1.83 bits per heavy atom. The number of benzene rings is 3. The number of hydrogen-bond acceptors (Lipinski definition) is 4. The van der Waals surface area contributed by atoms with Crippen LogP contribution < -0.4 is 9.47 Å². The summed E-state index contributed by atoms with van der Waals surface area (Å²) in [4.78, 5) is 0. The predicted octanol–water partition coefficient (Wildman–Crippen LogP) is 5.98. The van der Waals surface area contributed by atoms with Crippen LogP contribution in [0.2, 0.25) is 5.02 Å². The molecule has 0 aliphatic carbocycles. The molecule has 3 aromatic rings. The van der Waals surface area contributed by atoms with Gasteiger partial charge in [-0.15, -0.1) is 0 Å². The average molecular weight is 405 g/mol. The molecule has 2 aliphatic rings. The summed E-state index contributed by atoms with van der Waals surface area (Å²) in [5, 5.41) is 7.70. The highest BCUT2D eigenvalue weighted by atomic mass is 35.5. The molecule has 0 radical (unpaired) electrons. The summed E-state index contributed by atoms with van der Waals surface area (Å²) in [6.07, 6.45) is 0.428. The molecule has 4 nitrogen and oxygen atoms in total. The lowest BCUT2D eigenvalue weighted by molar-refractivity contribution is -0.0191. The van der Waals surface area contributed by atoms with Gasteiger partial charge < -0.3 is 9.47 Å². The van der Waals surface area contributed by atoms with Gasteiger partial charge in [-0.05, 0) is 36.8 Å². The highest BCUT2D eigenvalue weighted by molar-refractivity contribution is 6.31. The SMILES string of the molecule is CCOc1ccc2c(c1)C1CC(c3ccccc3)=NN1C(c1ccccc1Cl)O2. The van der Waals surface area contributed by atoms with E-state index < -0.39 is 0 Å². The number of fused-ring (bicyclic) bond motifs is 3. The Bertz CT molecular complexity index is 1070. The second kappa shape index (κ2) is 7.45. The van der Waals surface area contributed by atoms with E-state index in [4.69, 9.17) is 26.2 Å². The molecule has 0 aromatic heterocycles. The van der Waals surface area contributed by atoms with Crippen LogP contribution in [0.15, 0.2) is 77.9 Å². The molecule has 0 N–H and O–H groups in total. The topological polar surface area (TPSA) is 34.1 Å². The zero-order chi connectivity index (χ0) is 19.8. The van der Waals surface area contributed by atoms with E-state index in [0.717, 1.165) is 40.3 Å². The number of hydrazone groups is 1. The van der Waals surface area contributed by atoms with Crippen LogP contribution in [0.1, 0.15) is 42.3 Å². The fourth-order valence-corrected chi connectivity index (χ4v) is 4.24. The van der Waals surface area contributed by atoms with Gasteiger partial charge >= 0.3 is 0 Å². The molecule has 2 atom stereocenters. The van der Waals surface area contributed by atoms with Crippen LogP contribution in [-0.4, -0.2) is 17.3 Å². The molecule has 0 amide bonds. The van der Waals surface area contributed by atoms with E-state index in [2.05, 4.69) is 18.2 Å². The number of nitrogens with zero attached hydrogens (tertiary/aromatic N) is 2. The molecule has 2 aliphatic heterocycles. The number of ether oxygens (including phenoxy) is 2. The van der Waals surface area contributed by atoms with Gasteiger partial charge in [0.2, 0.25) is 6.23 Å². The van der Waals surface area contributed by atoms with Crippen molar-refractivity contribution in [1.29, 1.82) is 0 Å². The first-order valence-corrected chi connectivity index (χ1v) is 10.2. The van der Waals surface area contributed by atoms with Crippen molar-refractivity contribution < 1.29 is 9.47 Å². The number of hydrogen-bond donors (Lipinski definition) is 0. The summed E-state index contributed by atoms with van der Waals surface area (Å²) in [6, 6.07) is 24.2. The predicted molar refractivity (Wildman–Crippen MR) is 115 cm³/mol. The number of rotatable bonds is 4. The van der Waals surface area contributed by atoms with Crippen LogP contribution in [0.4, 0.5) is 0 Å². The second-order valence-electron chi connectivity index (χ2n) is 7.14. The van der Waals surface area contributed by atoms with E-state index in [1.165, 1.54) is 0 Å². The molecule has 5 rings (SSSR count). The molecule has 0 saturated heterocycles. The van der Waals surface area contributed by atoms with Crippen LogP contribution in [0.3, 0.4) is 0 Å². The van der Waals surface area contributed by atoms with Crippen molar-refractivity contribution >= 4 is 17.3 Å². The Balaban J connectivity index is 1.61. The van der Waals surface area contributed by atoms with E-state index in [0.29, 0.717) is 11.6 Å². The van der Waals surface area contributed by atoms with Crippen molar-refractivity contribution in [2.75, 3.05) is 6.61 Å². The lowest BCUT2D eigenvalue weighted by Gasteiger charge is -2.38. The Morgan fingerprint density at radius 1 is 1.03 bits per heavy atom. The van der Waals surface area contributed by atoms with Gasteiger partial charge in [0.25, 0.3) is 0 Å². The number of halogens is 1. The van der Waals surface area contributed by atoms with E-state index in [1.54, 1.807) is 0 Å². The summed E-state index contributed by atoms with van der Waals surface area (Å²) in [5.74, 6) is 1.70. The van der Waals surface area contributed by atoms with Crippen molar-refractivity contribution in [2.45, 2.75) is 25.6 Å². The summed E-state index contributed by atoms with van der Waals surface area (Å²) in [7, 11) is 0. The summed E-state index contributed by atoms with van der Waals surface area (Å²) >= 11 is 6.52. The van der Waals surface area contributed by atoms with Gasteiger partial charge in [-0.1, -0.05) is 60.1 Å². The fraction of sp³-hybridized carbons (Fsp3) is 0.208. The van der Waals surface area contributed by atoms with E-state index in [-0.39, 0.29) is 12.3 Å². The first kappa shape index (κ1) is 18.1. The minimum Gasteiger partial charge on any atom is -0.494 e. The van der Waals surface area contributed by atoms with Crippen molar-refractivity contribution in [3.8, 4) is 11.5 Å². The zero-order valence-corrected chi connectivity index (χ0v) is 16.8. The first-order chi connectivity index (χ1) is 14.2. The lowest BCUT2D eigenvalue weighted by Crippen LogP contribution is -2.33. The summed E-state index contributed by atoms with van der Waals surface area (Å²) in [6.45, 7) is 2.61. The van der Waals surface area contributed by atoms with Crippen LogP contribution in [0.5, 0.6) is 11.5 Å². The molecular formula is C24H21ClN2O2. The molecular weight excluding hydrogens is 384 g/mol. The largest absolute Gasteiger partial charge is 0.494 e. The fourth-order valence-electron chi connectivity index (χ4n) is 4.01. The molecule has 146 valence electrons. The van der Waals surface area contributed by atoms with Gasteiger partial charge in [-0.3, -0.25) is 0 Å². The van der Waals surface area contributed by atoms with Crippen molar-refractivity contribution in [3.05, 3.63) is 94.5 Å². The highest BCUT2D eigenvalue weighted by Crippen LogP contribution is 2.49. The molecule has 2 unspecified atom stereocenters. The normalized spacial score (nSPS) is 19.8. The highest BCUT2D eigenvalue weighted by Gasteiger charge is 2.41. The zero-order valence-electron chi connectivity index (χ0n) is 16.1. The Labute approximate surface area is 175 Å². The molecule has 0 saturated carbocycles. The maximum absolute atomic E-state index is 6.52. The quantitative estimate of drug-likeness (QED) is 0.536. The third kappa shape index (κ3) is 3.23. The smallest absolute Gasteiger partial charge is 0.215 e. The third-order valence-corrected chi connectivity index (χ3v) is 5.69. The summed E-state index contributed by atoms with van der Waals surface area (Å²) < 4.78 is 12.1. The van der Waals surface area contributed by atoms with Gasteiger partial charge in [-0.25, -0.2) is 5.01 Å². The van der Waals surface area contributed by atoms with Gasteiger partial charge in [0.1, 0.15) is 11.5 Å². The van der Waals surface area contributed by atoms with Crippen LogP contribution in [0.25, 0.3) is 0 Å². The monoisotopic (exact) mass is 404 g/mol.